The van der Waals surface area contributed by atoms with E-state index >= 15 is 0 Å². The number of nitrogens with zero attached hydrogens (tertiary/aromatic N) is 1. The van der Waals surface area contributed by atoms with Gasteiger partial charge >= 0.3 is 5.97 Å². The molecule has 0 saturated carbocycles. The van der Waals surface area contributed by atoms with Crippen LogP contribution >= 0.6 is 0 Å². The first kappa shape index (κ1) is 17.0. The Bertz CT molecular complexity index is 612. The SMILES string of the molecule is CC(C)N1CCC(NC(=O)CCc2ccccc2C(=O)O)C1=O. The third-order valence-electron chi connectivity index (χ3n) is 4.07. The fourth-order valence-electron chi connectivity index (χ4n) is 2.81. The number of hydrogen-bond donors (Lipinski definition) is 2. The van der Waals surface area contributed by atoms with E-state index in [1.54, 1.807) is 23.1 Å². The molecule has 1 heterocycles. The van der Waals surface area contributed by atoms with Crippen molar-refractivity contribution >= 4 is 17.8 Å². The summed E-state index contributed by atoms with van der Waals surface area (Å²) >= 11 is 0. The Labute approximate surface area is 135 Å². The third kappa shape index (κ3) is 4.09. The highest BCUT2D eigenvalue weighted by molar-refractivity contribution is 5.90. The van der Waals surface area contributed by atoms with Crippen LogP contribution in [-0.2, 0) is 16.0 Å². The number of likely N-dealkylation sites (tertiary alicyclic amines) is 1. The van der Waals surface area contributed by atoms with E-state index in [-0.39, 0.29) is 29.8 Å². The first-order valence-electron chi connectivity index (χ1n) is 7.81. The van der Waals surface area contributed by atoms with Crippen molar-refractivity contribution in [2.24, 2.45) is 0 Å². The molecule has 1 aromatic rings. The maximum Gasteiger partial charge on any atom is 0.335 e. The van der Waals surface area contributed by atoms with Crippen molar-refractivity contribution in [2.75, 3.05) is 6.54 Å². The smallest absolute Gasteiger partial charge is 0.335 e. The molecule has 6 nitrogen and oxygen atoms in total. The molecule has 1 unspecified atom stereocenters. The summed E-state index contributed by atoms with van der Waals surface area (Å²) in [5.74, 6) is -1.27. The minimum absolute atomic E-state index is 0.0423. The monoisotopic (exact) mass is 318 g/mol. The van der Waals surface area contributed by atoms with E-state index in [1.807, 2.05) is 13.8 Å². The highest BCUT2D eigenvalue weighted by Crippen LogP contribution is 2.15. The highest BCUT2D eigenvalue weighted by atomic mass is 16.4. The number of benzene rings is 1. The number of carbonyl (C=O) groups is 3. The summed E-state index contributed by atoms with van der Waals surface area (Å²) < 4.78 is 0. The molecule has 0 radical (unpaired) electrons. The summed E-state index contributed by atoms with van der Waals surface area (Å²) in [5, 5.41) is 11.9. The lowest BCUT2D eigenvalue weighted by Crippen LogP contribution is -2.43. The van der Waals surface area contributed by atoms with Gasteiger partial charge in [-0.1, -0.05) is 18.2 Å². The lowest BCUT2D eigenvalue weighted by molar-refractivity contribution is -0.133. The highest BCUT2D eigenvalue weighted by Gasteiger charge is 2.33. The van der Waals surface area contributed by atoms with Gasteiger partial charge in [0.05, 0.1) is 5.56 Å². The van der Waals surface area contributed by atoms with Crippen molar-refractivity contribution < 1.29 is 19.5 Å². The molecule has 1 aliphatic rings. The number of aryl methyl sites for hydroxylation is 1. The minimum Gasteiger partial charge on any atom is -0.478 e. The van der Waals surface area contributed by atoms with Gasteiger partial charge in [0.2, 0.25) is 11.8 Å². The summed E-state index contributed by atoms with van der Waals surface area (Å²) in [7, 11) is 0. The Balaban J connectivity index is 1.89. The average Bonchev–Trinajstić information content (AvgIpc) is 2.86. The molecule has 0 aromatic heterocycles. The molecule has 1 saturated heterocycles. The van der Waals surface area contributed by atoms with Crippen LogP contribution in [0.25, 0.3) is 0 Å². The van der Waals surface area contributed by atoms with E-state index in [0.29, 0.717) is 24.9 Å². The molecule has 1 atom stereocenters. The van der Waals surface area contributed by atoms with E-state index in [4.69, 9.17) is 5.11 Å². The molecule has 1 aromatic carbocycles. The molecule has 2 rings (SSSR count). The number of aromatic carboxylic acids is 1. The Morgan fingerprint density at radius 3 is 2.65 bits per heavy atom. The average molecular weight is 318 g/mol. The zero-order valence-electron chi connectivity index (χ0n) is 13.4. The second-order valence-electron chi connectivity index (χ2n) is 6.00. The standard InChI is InChI=1S/C17H22N2O4/c1-11(2)19-10-9-14(16(19)21)18-15(20)8-7-12-5-3-4-6-13(12)17(22)23/h3-6,11,14H,7-10H2,1-2H3,(H,18,20)(H,22,23). The molecule has 6 heteroatoms. The zero-order valence-corrected chi connectivity index (χ0v) is 13.4. The fraction of sp³-hybridized carbons (Fsp3) is 0.471. The molecule has 1 aliphatic heterocycles. The Hall–Kier alpha value is -2.37. The summed E-state index contributed by atoms with van der Waals surface area (Å²) in [4.78, 5) is 37.1. The second-order valence-corrected chi connectivity index (χ2v) is 6.00. The topological polar surface area (TPSA) is 86.7 Å². The van der Waals surface area contributed by atoms with E-state index < -0.39 is 12.0 Å². The van der Waals surface area contributed by atoms with Gasteiger partial charge in [0.15, 0.2) is 0 Å². The predicted octanol–water partition coefficient (Wildman–Crippen LogP) is 1.44. The van der Waals surface area contributed by atoms with Crippen LogP contribution in [-0.4, -0.2) is 46.4 Å². The van der Waals surface area contributed by atoms with Gasteiger partial charge < -0.3 is 15.3 Å². The number of hydrogen-bond acceptors (Lipinski definition) is 3. The van der Waals surface area contributed by atoms with Crippen LogP contribution in [0.3, 0.4) is 0 Å². The lowest BCUT2D eigenvalue weighted by Gasteiger charge is -2.21. The predicted molar refractivity (Wildman–Crippen MR) is 85.1 cm³/mol. The first-order chi connectivity index (χ1) is 10.9. The van der Waals surface area contributed by atoms with Gasteiger partial charge in [-0.3, -0.25) is 9.59 Å². The third-order valence-corrected chi connectivity index (χ3v) is 4.07. The Morgan fingerprint density at radius 2 is 2.04 bits per heavy atom. The number of carboxylic acids is 1. The van der Waals surface area contributed by atoms with Crippen LogP contribution in [0, 0.1) is 0 Å². The van der Waals surface area contributed by atoms with Crippen molar-refractivity contribution in [3.8, 4) is 0 Å². The molecule has 2 amide bonds. The fourth-order valence-corrected chi connectivity index (χ4v) is 2.81. The Morgan fingerprint density at radius 1 is 1.35 bits per heavy atom. The molecule has 0 spiro atoms. The van der Waals surface area contributed by atoms with Crippen LogP contribution in [0.4, 0.5) is 0 Å². The molecule has 0 bridgehead atoms. The molecule has 124 valence electrons. The second kappa shape index (κ2) is 7.26. The molecule has 2 N–H and O–H groups in total. The minimum atomic E-state index is -1.00. The van der Waals surface area contributed by atoms with Crippen LogP contribution in [0.5, 0.6) is 0 Å². The molecule has 0 aliphatic carbocycles. The number of carboxylic acid groups (broad SMARTS) is 1. The van der Waals surface area contributed by atoms with E-state index in [9.17, 15) is 14.4 Å². The van der Waals surface area contributed by atoms with Crippen molar-refractivity contribution in [2.45, 2.75) is 45.2 Å². The van der Waals surface area contributed by atoms with Gasteiger partial charge in [-0.2, -0.15) is 0 Å². The van der Waals surface area contributed by atoms with E-state index in [2.05, 4.69) is 5.32 Å². The van der Waals surface area contributed by atoms with Gasteiger partial charge in [0.1, 0.15) is 6.04 Å². The summed E-state index contributed by atoms with van der Waals surface area (Å²) in [6.45, 7) is 4.55. The van der Waals surface area contributed by atoms with Crippen LogP contribution in [0.1, 0.15) is 42.6 Å². The number of nitrogens with one attached hydrogen (secondary N) is 1. The number of amides is 2. The van der Waals surface area contributed by atoms with Crippen molar-refractivity contribution in [3.05, 3.63) is 35.4 Å². The van der Waals surface area contributed by atoms with Crippen LogP contribution in [0.2, 0.25) is 0 Å². The summed E-state index contributed by atoms with van der Waals surface area (Å²) in [6.07, 6.45) is 1.12. The van der Waals surface area contributed by atoms with Gasteiger partial charge in [-0.15, -0.1) is 0 Å². The molecular weight excluding hydrogens is 296 g/mol. The quantitative estimate of drug-likeness (QED) is 0.831. The summed E-state index contributed by atoms with van der Waals surface area (Å²) in [5.41, 5.74) is 0.833. The molecule has 1 fully saturated rings. The van der Waals surface area contributed by atoms with E-state index in [0.717, 1.165) is 0 Å². The molecular formula is C17H22N2O4. The number of rotatable bonds is 6. The van der Waals surface area contributed by atoms with Crippen molar-refractivity contribution in [3.63, 3.8) is 0 Å². The molecule has 23 heavy (non-hydrogen) atoms. The first-order valence-corrected chi connectivity index (χ1v) is 7.81. The maximum absolute atomic E-state index is 12.1. The maximum atomic E-state index is 12.1. The largest absolute Gasteiger partial charge is 0.478 e. The zero-order chi connectivity index (χ0) is 17.0. The van der Waals surface area contributed by atoms with Gasteiger partial charge in [0.25, 0.3) is 0 Å². The Kier molecular flexibility index (Phi) is 5.36. The normalized spacial score (nSPS) is 17.6. The van der Waals surface area contributed by atoms with Gasteiger partial charge in [-0.25, -0.2) is 4.79 Å². The number of carbonyl (C=O) groups excluding carboxylic acids is 2. The van der Waals surface area contributed by atoms with Gasteiger partial charge in [-0.05, 0) is 38.3 Å². The van der Waals surface area contributed by atoms with E-state index in [1.165, 1.54) is 6.07 Å². The van der Waals surface area contributed by atoms with Crippen LogP contribution < -0.4 is 5.32 Å². The lowest BCUT2D eigenvalue weighted by atomic mass is 10.0. The summed E-state index contributed by atoms with van der Waals surface area (Å²) in [6, 6.07) is 6.31. The van der Waals surface area contributed by atoms with Crippen LogP contribution in [0.15, 0.2) is 24.3 Å². The van der Waals surface area contributed by atoms with Crippen molar-refractivity contribution in [1.29, 1.82) is 0 Å². The van der Waals surface area contributed by atoms with Crippen molar-refractivity contribution in [1.82, 2.24) is 10.2 Å². The van der Waals surface area contributed by atoms with Gasteiger partial charge in [0, 0.05) is 19.0 Å².